The first-order valence-electron chi connectivity index (χ1n) is 6.69. The summed E-state index contributed by atoms with van der Waals surface area (Å²) < 4.78 is 16.1. The number of oxazole rings is 1. The molecule has 2 aliphatic rings. The van der Waals surface area contributed by atoms with Crippen LogP contribution < -0.4 is 4.74 Å². The zero-order valence-corrected chi connectivity index (χ0v) is 11.2. The van der Waals surface area contributed by atoms with Gasteiger partial charge in [0, 0.05) is 0 Å². The first kappa shape index (κ1) is 12.2. The van der Waals surface area contributed by atoms with Crippen LogP contribution in [-0.2, 0) is 14.4 Å². The SMILES string of the molecule is CCOC(=O)C1ON=C2c3c(ccc4ncoc34)OCC21. The third-order valence-electron chi connectivity index (χ3n) is 3.64. The van der Waals surface area contributed by atoms with Gasteiger partial charge in [-0.15, -0.1) is 0 Å². The van der Waals surface area contributed by atoms with Gasteiger partial charge in [0.05, 0.1) is 18.1 Å². The highest BCUT2D eigenvalue weighted by atomic mass is 16.7. The normalized spacial score (nSPS) is 22.8. The van der Waals surface area contributed by atoms with E-state index in [1.807, 2.05) is 12.1 Å². The van der Waals surface area contributed by atoms with Crippen LogP contribution in [0, 0.1) is 5.92 Å². The standard InChI is InChI=1S/C14H12N2O5/c1-2-18-14(17)12-7-5-19-9-4-3-8-13(20-6-15-8)10(9)11(7)16-21-12/h3-4,6-7,12H,2,5H2,1H3. The number of carbonyl (C=O) groups is 1. The maximum atomic E-state index is 11.9. The summed E-state index contributed by atoms with van der Waals surface area (Å²) in [5.41, 5.74) is 2.65. The van der Waals surface area contributed by atoms with Gasteiger partial charge in [-0.2, -0.15) is 0 Å². The minimum atomic E-state index is -0.772. The number of benzene rings is 1. The van der Waals surface area contributed by atoms with E-state index in [9.17, 15) is 4.79 Å². The van der Waals surface area contributed by atoms with Crippen LogP contribution in [-0.4, -0.2) is 36.0 Å². The number of ether oxygens (including phenoxy) is 2. The van der Waals surface area contributed by atoms with Crippen molar-refractivity contribution in [2.45, 2.75) is 13.0 Å². The molecule has 108 valence electrons. The van der Waals surface area contributed by atoms with E-state index >= 15 is 0 Å². The molecule has 7 nitrogen and oxygen atoms in total. The monoisotopic (exact) mass is 288 g/mol. The maximum absolute atomic E-state index is 11.9. The second-order valence-corrected chi connectivity index (χ2v) is 4.81. The minimum Gasteiger partial charge on any atom is -0.492 e. The van der Waals surface area contributed by atoms with Crippen LogP contribution in [0.2, 0.25) is 0 Å². The summed E-state index contributed by atoms with van der Waals surface area (Å²) in [6.07, 6.45) is 0.597. The van der Waals surface area contributed by atoms with Crippen molar-refractivity contribution < 1.29 is 23.5 Å². The largest absolute Gasteiger partial charge is 0.492 e. The molecule has 0 fully saturated rings. The highest BCUT2D eigenvalue weighted by molar-refractivity contribution is 6.14. The van der Waals surface area contributed by atoms with Crippen LogP contribution in [0.5, 0.6) is 5.75 Å². The Hall–Kier alpha value is -2.57. The Morgan fingerprint density at radius 1 is 1.48 bits per heavy atom. The maximum Gasteiger partial charge on any atom is 0.351 e. The molecule has 2 aliphatic heterocycles. The van der Waals surface area contributed by atoms with Crippen molar-refractivity contribution in [2.75, 3.05) is 13.2 Å². The Labute approximate surface area is 119 Å². The lowest BCUT2D eigenvalue weighted by Crippen LogP contribution is -2.39. The Bertz CT molecular complexity index is 751. The van der Waals surface area contributed by atoms with Gasteiger partial charge in [0.25, 0.3) is 0 Å². The Kier molecular flexibility index (Phi) is 2.60. The molecule has 2 unspecified atom stereocenters. The fourth-order valence-electron chi connectivity index (χ4n) is 2.68. The molecule has 0 N–H and O–H groups in total. The van der Waals surface area contributed by atoms with Crippen molar-refractivity contribution in [3.05, 3.63) is 24.1 Å². The average molecular weight is 288 g/mol. The van der Waals surface area contributed by atoms with Gasteiger partial charge in [0.2, 0.25) is 6.10 Å². The molecular weight excluding hydrogens is 276 g/mol. The van der Waals surface area contributed by atoms with Gasteiger partial charge in [-0.3, -0.25) is 0 Å². The van der Waals surface area contributed by atoms with Gasteiger partial charge >= 0.3 is 5.97 Å². The zero-order chi connectivity index (χ0) is 14.4. The summed E-state index contributed by atoms with van der Waals surface area (Å²) in [5.74, 6) is -0.0762. The van der Waals surface area contributed by atoms with Gasteiger partial charge in [-0.05, 0) is 19.1 Å². The quantitative estimate of drug-likeness (QED) is 0.779. The first-order valence-corrected chi connectivity index (χ1v) is 6.69. The van der Waals surface area contributed by atoms with Crippen LogP contribution in [0.25, 0.3) is 11.1 Å². The highest BCUT2D eigenvalue weighted by Crippen LogP contribution is 2.38. The molecule has 0 aliphatic carbocycles. The van der Waals surface area contributed by atoms with E-state index in [-0.39, 0.29) is 5.92 Å². The summed E-state index contributed by atoms with van der Waals surface area (Å²) in [6.45, 7) is 2.36. The summed E-state index contributed by atoms with van der Waals surface area (Å²) in [5, 5.41) is 4.06. The molecule has 4 rings (SSSR count). The lowest BCUT2D eigenvalue weighted by atomic mass is 9.90. The predicted octanol–water partition coefficient (Wildman–Crippen LogP) is 1.50. The molecule has 1 aromatic heterocycles. The molecule has 1 aromatic carbocycles. The van der Waals surface area contributed by atoms with E-state index in [4.69, 9.17) is 18.7 Å². The molecule has 0 saturated heterocycles. The van der Waals surface area contributed by atoms with E-state index in [0.29, 0.717) is 41.3 Å². The summed E-state index contributed by atoms with van der Waals surface area (Å²) in [7, 11) is 0. The molecule has 0 bridgehead atoms. The van der Waals surface area contributed by atoms with E-state index in [2.05, 4.69) is 10.1 Å². The number of aromatic nitrogens is 1. The van der Waals surface area contributed by atoms with Crippen LogP contribution in [0.1, 0.15) is 12.5 Å². The number of fused-ring (bicyclic) bond motifs is 5. The lowest BCUT2D eigenvalue weighted by Gasteiger charge is -2.24. The number of rotatable bonds is 2. The Balaban J connectivity index is 1.77. The lowest BCUT2D eigenvalue weighted by molar-refractivity contribution is -0.157. The van der Waals surface area contributed by atoms with E-state index < -0.39 is 12.1 Å². The third kappa shape index (κ3) is 1.70. The van der Waals surface area contributed by atoms with E-state index in [0.717, 1.165) is 0 Å². The Morgan fingerprint density at radius 2 is 2.38 bits per heavy atom. The van der Waals surface area contributed by atoms with Crippen LogP contribution >= 0.6 is 0 Å². The minimum absolute atomic E-state index is 0.296. The van der Waals surface area contributed by atoms with Crippen LogP contribution in [0.3, 0.4) is 0 Å². The van der Waals surface area contributed by atoms with Crippen molar-refractivity contribution in [3.8, 4) is 5.75 Å². The van der Waals surface area contributed by atoms with Crippen molar-refractivity contribution in [2.24, 2.45) is 11.1 Å². The number of esters is 1. The summed E-state index contributed by atoms with van der Waals surface area (Å²) in [4.78, 5) is 21.3. The molecule has 0 saturated carbocycles. The van der Waals surface area contributed by atoms with Crippen LogP contribution in [0.4, 0.5) is 0 Å². The van der Waals surface area contributed by atoms with E-state index in [1.54, 1.807) is 6.92 Å². The first-order chi connectivity index (χ1) is 10.3. The number of hydrogen-bond acceptors (Lipinski definition) is 7. The Morgan fingerprint density at radius 3 is 3.24 bits per heavy atom. The second kappa shape index (κ2) is 4.47. The highest BCUT2D eigenvalue weighted by Gasteiger charge is 2.45. The third-order valence-corrected chi connectivity index (χ3v) is 3.64. The van der Waals surface area contributed by atoms with Crippen molar-refractivity contribution in [1.82, 2.24) is 4.98 Å². The molecule has 3 heterocycles. The van der Waals surface area contributed by atoms with Gasteiger partial charge in [0.1, 0.15) is 23.6 Å². The van der Waals surface area contributed by atoms with Gasteiger partial charge < -0.3 is 18.7 Å². The van der Waals surface area contributed by atoms with Gasteiger partial charge in [-0.25, -0.2) is 9.78 Å². The van der Waals surface area contributed by atoms with Gasteiger partial charge in [-0.1, -0.05) is 5.16 Å². The molecule has 21 heavy (non-hydrogen) atoms. The second-order valence-electron chi connectivity index (χ2n) is 4.81. The number of oxime groups is 1. The summed E-state index contributed by atoms with van der Waals surface area (Å²) in [6, 6.07) is 3.63. The average Bonchev–Trinajstić information content (AvgIpc) is 3.13. The molecule has 0 amide bonds. The van der Waals surface area contributed by atoms with Crippen molar-refractivity contribution >= 4 is 22.8 Å². The summed E-state index contributed by atoms with van der Waals surface area (Å²) >= 11 is 0. The molecule has 0 radical (unpaired) electrons. The number of hydrogen-bond donors (Lipinski definition) is 0. The molecule has 2 aromatic rings. The number of carbonyl (C=O) groups excluding carboxylic acids is 1. The van der Waals surface area contributed by atoms with Crippen molar-refractivity contribution in [1.29, 1.82) is 0 Å². The van der Waals surface area contributed by atoms with Gasteiger partial charge in [0.15, 0.2) is 12.0 Å². The van der Waals surface area contributed by atoms with Crippen molar-refractivity contribution in [3.63, 3.8) is 0 Å². The molecule has 2 atom stereocenters. The smallest absolute Gasteiger partial charge is 0.351 e. The molecule has 0 spiro atoms. The zero-order valence-electron chi connectivity index (χ0n) is 11.2. The molecule has 7 heteroatoms. The number of nitrogens with zero attached hydrogens (tertiary/aromatic N) is 2. The fraction of sp³-hybridized carbons (Fsp3) is 0.357. The molecular formula is C14H12N2O5. The fourth-order valence-corrected chi connectivity index (χ4v) is 2.68. The predicted molar refractivity (Wildman–Crippen MR) is 71.0 cm³/mol. The van der Waals surface area contributed by atoms with E-state index in [1.165, 1.54) is 6.39 Å². The van der Waals surface area contributed by atoms with Crippen LogP contribution in [0.15, 0.2) is 28.1 Å². The topological polar surface area (TPSA) is 83.2 Å².